The van der Waals surface area contributed by atoms with Crippen LogP contribution in [0.25, 0.3) is 11.0 Å². The quantitative estimate of drug-likeness (QED) is 0.819. The monoisotopic (exact) mass is 318 g/mol. The Balaban J connectivity index is 2.37. The van der Waals surface area contributed by atoms with E-state index in [0.717, 1.165) is 10.9 Å². The summed E-state index contributed by atoms with van der Waals surface area (Å²) in [6.45, 7) is 2.41. The van der Waals surface area contributed by atoms with Crippen LogP contribution in [0.2, 0.25) is 0 Å². The van der Waals surface area contributed by atoms with E-state index in [4.69, 9.17) is 4.42 Å². The molecule has 1 aromatic carbocycles. The summed E-state index contributed by atoms with van der Waals surface area (Å²) in [6, 6.07) is 6.51. The fraction of sp³-hybridized carbons (Fsp3) is 0.412. The fourth-order valence-electron chi connectivity index (χ4n) is 2.53. The molecule has 1 amide bonds. The number of aliphatic carboxylic acids is 1. The number of para-hydroxylation sites is 1. The predicted molar refractivity (Wildman–Crippen MR) is 87.4 cm³/mol. The number of carboxylic acids is 1. The molecule has 0 saturated carbocycles. The molecule has 0 radical (unpaired) electrons. The molecule has 0 fully saturated rings. The van der Waals surface area contributed by atoms with E-state index in [2.05, 4.69) is 5.32 Å². The second-order valence-electron chi connectivity index (χ2n) is 5.80. The minimum Gasteiger partial charge on any atom is -0.480 e. The lowest BCUT2D eigenvalue weighted by Crippen LogP contribution is -2.40. The number of carbonyl (C=O) groups is 2. The second-order valence-corrected chi connectivity index (χ2v) is 5.80. The molecule has 0 bridgehead atoms. The van der Waals surface area contributed by atoms with Crippen LogP contribution in [0.4, 0.5) is 0 Å². The number of carbonyl (C=O) groups excluding carboxylic acids is 1. The number of benzene rings is 1. The maximum Gasteiger partial charge on any atom is 0.326 e. The molecule has 0 saturated heterocycles. The topological polar surface area (TPSA) is 82.8 Å². The maximum absolute atomic E-state index is 12.5. The molecule has 1 heterocycles. The van der Waals surface area contributed by atoms with Gasteiger partial charge in [0.1, 0.15) is 11.6 Å². The third-order valence-corrected chi connectivity index (χ3v) is 3.56. The first-order chi connectivity index (χ1) is 10.9. The van der Waals surface area contributed by atoms with E-state index in [-0.39, 0.29) is 5.76 Å². The summed E-state index contributed by atoms with van der Waals surface area (Å²) in [5, 5.41) is 12.6. The van der Waals surface area contributed by atoms with Crippen LogP contribution >= 0.6 is 0 Å². The molecule has 6 heteroatoms. The summed E-state index contributed by atoms with van der Waals surface area (Å²) in [6.07, 6.45) is 1.05. The lowest BCUT2D eigenvalue weighted by Gasteiger charge is -2.14. The van der Waals surface area contributed by atoms with Crippen molar-refractivity contribution in [1.29, 1.82) is 0 Å². The Hall–Kier alpha value is -2.34. The van der Waals surface area contributed by atoms with Gasteiger partial charge in [0.25, 0.3) is 5.91 Å². The molecule has 1 aromatic heterocycles. The minimum absolute atomic E-state index is 0.183. The molecule has 1 unspecified atom stereocenters. The Labute approximate surface area is 135 Å². The SMILES string of the molecule is CCCC(NC(=O)c1oc2ccccc2c1CN(C)C)C(=O)O. The molecule has 0 aliphatic carbocycles. The number of carboxylic acid groups (broad SMARTS) is 1. The Morgan fingerprint density at radius 1 is 1.30 bits per heavy atom. The van der Waals surface area contributed by atoms with E-state index in [1.807, 2.05) is 44.1 Å². The minimum atomic E-state index is -1.04. The van der Waals surface area contributed by atoms with Gasteiger partial charge in [-0.2, -0.15) is 0 Å². The molecule has 2 aromatic rings. The average Bonchev–Trinajstić information content (AvgIpc) is 2.85. The van der Waals surface area contributed by atoms with Crippen molar-refractivity contribution in [3.63, 3.8) is 0 Å². The third-order valence-electron chi connectivity index (χ3n) is 3.56. The average molecular weight is 318 g/mol. The van der Waals surface area contributed by atoms with Crippen LogP contribution in [0, 0.1) is 0 Å². The Morgan fingerprint density at radius 2 is 2.00 bits per heavy atom. The molecular formula is C17H22N2O4. The number of amides is 1. The van der Waals surface area contributed by atoms with E-state index in [1.165, 1.54) is 0 Å². The maximum atomic E-state index is 12.5. The standard InChI is InChI=1S/C17H22N2O4/c1-4-7-13(17(21)22)18-16(20)15-12(10-19(2)3)11-8-5-6-9-14(11)23-15/h5-6,8-9,13H,4,7,10H2,1-3H3,(H,18,20)(H,21,22). The Kier molecular flexibility index (Phi) is 5.39. The smallest absolute Gasteiger partial charge is 0.326 e. The summed E-state index contributed by atoms with van der Waals surface area (Å²) in [5.74, 6) is -1.34. The van der Waals surface area contributed by atoms with Gasteiger partial charge in [-0.3, -0.25) is 4.79 Å². The van der Waals surface area contributed by atoms with Gasteiger partial charge in [0.05, 0.1) is 0 Å². The van der Waals surface area contributed by atoms with Crippen molar-refractivity contribution >= 4 is 22.8 Å². The molecule has 2 N–H and O–H groups in total. The van der Waals surface area contributed by atoms with Crippen molar-refractivity contribution in [3.05, 3.63) is 35.6 Å². The molecule has 0 aliphatic heterocycles. The molecule has 124 valence electrons. The van der Waals surface area contributed by atoms with Crippen molar-refractivity contribution in [2.75, 3.05) is 14.1 Å². The summed E-state index contributed by atoms with van der Waals surface area (Å²) in [4.78, 5) is 25.7. The van der Waals surface area contributed by atoms with E-state index < -0.39 is 17.9 Å². The number of furan rings is 1. The largest absolute Gasteiger partial charge is 0.480 e. The summed E-state index contributed by atoms with van der Waals surface area (Å²) in [7, 11) is 3.81. The van der Waals surface area contributed by atoms with Crippen LogP contribution in [0.3, 0.4) is 0 Å². The number of hydrogen-bond acceptors (Lipinski definition) is 4. The number of hydrogen-bond donors (Lipinski definition) is 2. The highest BCUT2D eigenvalue weighted by molar-refractivity contribution is 6.00. The summed E-state index contributed by atoms with van der Waals surface area (Å²) >= 11 is 0. The van der Waals surface area contributed by atoms with Gasteiger partial charge in [0, 0.05) is 17.5 Å². The zero-order valence-corrected chi connectivity index (χ0v) is 13.6. The molecule has 0 spiro atoms. The van der Waals surface area contributed by atoms with Crippen LogP contribution < -0.4 is 5.32 Å². The van der Waals surface area contributed by atoms with Crippen molar-refractivity contribution in [1.82, 2.24) is 10.2 Å². The van der Waals surface area contributed by atoms with Gasteiger partial charge in [0.2, 0.25) is 0 Å². The lowest BCUT2D eigenvalue weighted by atomic mass is 10.1. The third kappa shape index (κ3) is 3.90. The zero-order chi connectivity index (χ0) is 17.0. The van der Waals surface area contributed by atoms with Crippen molar-refractivity contribution in [2.24, 2.45) is 0 Å². The van der Waals surface area contributed by atoms with Crippen LogP contribution in [-0.4, -0.2) is 42.0 Å². The van der Waals surface area contributed by atoms with Crippen molar-refractivity contribution in [2.45, 2.75) is 32.4 Å². The zero-order valence-electron chi connectivity index (χ0n) is 13.6. The molecule has 23 heavy (non-hydrogen) atoms. The van der Waals surface area contributed by atoms with Gasteiger partial charge in [-0.05, 0) is 26.6 Å². The highest BCUT2D eigenvalue weighted by atomic mass is 16.4. The van der Waals surface area contributed by atoms with E-state index in [1.54, 1.807) is 6.07 Å². The highest BCUT2D eigenvalue weighted by Gasteiger charge is 2.25. The number of nitrogens with zero attached hydrogens (tertiary/aromatic N) is 1. The first kappa shape index (κ1) is 17.0. The van der Waals surface area contributed by atoms with Crippen LogP contribution in [-0.2, 0) is 11.3 Å². The summed E-state index contributed by atoms with van der Waals surface area (Å²) < 4.78 is 5.69. The van der Waals surface area contributed by atoms with Crippen LogP contribution in [0.5, 0.6) is 0 Å². The highest BCUT2D eigenvalue weighted by Crippen LogP contribution is 2.27. The Morgan fingerprint density at radius 3 is 2.61 bits per heavy atom. The van der Waals surface area contributed by atoms with Crippen molar-refractivity contribution in [3.8, 4) is 0 Å². The normalized spacial score (nSPS) is 12.5. The van der Waals surface area contributed by atoms with Gasteiger partial charge in [-0.1, -0.05) is 31.5 Å². The molecule has 0 aliphatic rings. The van der Waals surface area contributed by atoms with Gasteiger partial charge < -0.3 is 19.7 Å². The fourth-order valence-corrected chi connectivity index (χ4v) is 2.53. The number of fused-ring (bicyclic) bond motifs is 1. The molecule has 2 rings (SSSR count). The van der Waals surface area contributed by atoms with E-state index >= 15 is 0 Å². The lowest BCUT2D eigenvalue weighted by molar-refractivity contribution is -0.139. The first-order valence-electron chi connectivity index (χ1n) is 7.62. The second kappa shape index (κ2) is 7.28. The van der Waals surface area contributed by atoms with Gasteiger partial charge in [-0.25, -0.2) is 4.79 Å². The van der Waals surface area contributed by atoms with Gasteiger partial charge in [-0.15, -0.1) is 0 Å². The van der Waals surface area contributed by atoms with Crippen LogP contribution in [0.15, 0.2) is 28.7 Å². The van der Waals surface area contributed by atoms with Crippen LogP contribution in [0.1, 0.15) is 35.9 Å². The Bertz CT molecular complexity index is 706. The van der Waals surface area contributed by atoms with E-state index in [9.17, 15) is 14.7 Å². The first-order valence-corrected chi connectivity index (χ1v) is 7.62. The van der Waals surface area contributed by atoms with Gasteiger partial charge in [0.15, 0.2) is 5.76 Å². The molecular weight excluding hydrogens is 296 g/mol. The summed E-state index contributed by atoms with van der Waals surface area (Å²) in [5.41, 5.74) is 1.39. The van der Waals surface area contributed by atoms with E-state index in [0.29, 0.717) is 25.0 Å². The molecule has 6 nitrogen and oxygen atoms in total. The molecule has 1 atom stereocenters. The number of rotatable bonds is 7. The van der Waals surface area contributed by atoms with Crippen molar-refractivity contribution < 1.29 is 19.1 Å². The van der Waals surface area contributed by atoms with Gasteiger partial charge >= 0.3 is 5.97 Å². The predicted octanol–water partition coefficient (Wildman–Crippen LogP) is 2.48. The number of nitrogens with one attached hydrogen (secondary N) is 1.